The predicted octanol–water partition coefficient (Wildman–Crippen LogP) is 7.18. The molecule has 3 nitrogen and oxygen atoms in total. The molecule has 1 N–H and O–H groups in total. The van der Waals surface area contributed by atoms with Crippen LogP contribution in [0.3, 0.4) is 0 Å². The predicted molar refractivity (Wildman–Crippen MR) is 133 cm³/mol. The molecule has 2 aromatic carbocycles. The smallest absolute Gasteiger partial charge is 0.229 e. The van der Waals surface area contributed by atoms with E-state index in [9.17, 15) is 9.90 Å². The molecule has 172 valence electrons. The topological polar surface area (TPSA) is 40.5 Å². The first-order valence-corrected chi connectivity index (χ1v) is 12.1. The second-order valence-electron chi connectivity index (χ2n) is 9.08. The Morgan fingerprint density at radius 1 is 1.12 bits per heavy atom. The number of benzene rings is 2. The number of likely N-dealkylation sites (tertiary alicyclic amines) is 1. The summed E-state index contributed by atoms with van der Waals surface area (Å²) in [5.41, 5.74) is 1.49. The number of halogens is 2. The van der Waals surface area contributed by atoms with Crippen molar-refractivity contribution < 1.29 is 9.90 Å². The second-order valence-corrected chi connectivity index (χ2v) is 9.95. The van der Waals surface area contributed by atoms with E-state index in [-0.39, 0.29) is 23.9 Å². The van der Waals surface area contributed by atoms with Crippen LogP contribution in [-0.4, -0.2) is 28.1 Å². The standard InChI is InChI=1S/C27H33Cl2NO2/c1-5-15-27(4)17-22(19-9-8-10-21(29)16-19)25(18-11-13-20(28)14-12-18)30(26(27)32)23(6-2)24(31)7-3/h5,8-14,16,22-25,31H,1,6-7,15,17H2,2-4H3/t22-,23+,24?,25?,27+/m1/s1. The molecule has 0 bridgehead atoms. The minimum atomic E-state index is -0.613. The highest BCUT2D eigenvalue weighted by molar-refractivity contribution is 6.30. The molecule has 0 aromatic heterocycles. The van der Waals surface area contributed by atoms with Crippen molar-refractivity contribution in [1.29, 1.82) is 0 Å². The van der Waals surface area contributed by atoms with Crippen LogP contribution in [0.1, 0.15) is 69.5 Å². The van der Waals surface area contributed by atoms with Crippen LogP contribution in [0.25, 0.3) is 0 Å². The highest BCUT2D eigenvalue weighted by atomic mass is 35.5. The monoisotopic (exact) mass is 473 g/mol. The molecule has 2 aromatic rings. The quantitative estimate of drug-likeness (QED) is 0.412. The van der Waals surface area contributed by atoms with Crippen LogP contribution in [0.2, 0.25) is 10.0 Å². The highest BCUT2D eigenvalue weighted by Gasteiger charge is 2.51. The van der Waals surface area contributed by atoms with Gasteiger partial charge in [-0.3, -0.25) is 4.79 Å². The summed E-state index contributed by atoms with van der Waals surface area (Å²) in [4.78, 5) is 16.0. The molecular formula is C27H33Cl2NO2. The molecule has 0 saturated carbocycles. The van der Waals surface area contributed by atoms with E-state index in [4.69, 9.17) is 23.2 Å². The van der Waals surface area contributed by atoms with E-state index < -0.39 is 11.5 Å². The van der Waals surface area contributed by atoms with E-state index in [0.29, 0.717) is 35.7 Å². The molecule has 32 heavy (non-hydrogen) atoms. The van der Waals surface area contributed by atoms with Crippen LogP contribution in [0.4, 0.5) is 0 Å². The van der Waals surface area contributed by atoms with Crippen molar-refractivity contribution in [3.05, 3.63) is 82.4 Å². The minimum absolute atomic E-state index is 0.00984. The Morgan fingerprint density at radius 2 is 1.81 bits per heavy atom. The van der Waals surface area contributed by atoms with E-state index in [1.54, 1.807) is 0 Å². The zero-order valence-corrected chi connectivity index (χ0v) is 20.6. The number of nitrogens with zero attached hydrogens (tertiary/aromatic N) is 1. The van der Waals surface area contributed by atoms with Crippen molar-refractivity contribution in [2.45, 2.75) is 70.6 Å². The SMILES string of the molecule is C=CC[C@@]1(C)C[C@H](c2cccc(Cl)c2)C(c2ccc(Cl)cc2)N([C@@H](CC)C(O)CC)C1=O. The van der Waals surface area contributed by atoms with E-state index in [2.05, 4.69) is 12.6 Å². The van der Waals surface area contributed by atoms with Crippen molar-refractivity contribution in [3.8, 4) is 0 Å². The number of piperidine rings is 1. The molecule has 1 heterocycles. The summed E-state index contributed by atoms with van der Waals surface area (Å²) in [7, 11) is 0. The number of rotatable bonds is 8. The Balaban J connectivity index is 2.25. The normalized spacial score (nSPS) is 25.4. The number of carbonyl (C=O) groups is 1. The van der Waals surface area contributed by atoms with E-state index in [1.165, 1.54) is 0 Å². The minimum Gasteiger partial charge on any atom is -0.391 e. The molecule has 2 unspecified atom stereocenters. The summed E-state index contributed by atoms with van der Waals surface area (Å²) < 4.78 is 0. The maximum absolute atomic E-state index is 14.1. The maximum Gasteiger partial charge on any atom is 0.229 e. The van der Waals surface area contributed by atoms with Gasteiger partial charge in [-0.25, -0.2) is 0 Å². The van der Waals surface area contributed by atoms with Crippen molar-refractivity contribution in [1.82, 2.24) is 4.90 Å². The van der Waals surface area contributed by atoms with Gasteiger partial charge in [0, 0.05) is 16.0 Å². The van der Waals surface area contributed by atoms with Gasteiger partial charge in [-0.05, 0) is 61.1 Å². The summed E-state index contributed by atoms with van der Waals surface area (Å²) in [6.45, 7) is 9.92. The van der Waals surface area contributed by atoms with Crippen LogP contribution >= 0.6 is 23.2 Å². The molecule has 1 fully saturated rings. The van der Waals surface area contributed by atoms with Crippen LogP contribution in [0.15, 0.2) is 61.2 Å². The van der Waals surface area contributed by atoms with Crippen molar-refractivity contribution in [3.63, 3.8) is 0 Å². The molecule has 0 spiro atoms. The van der Waals surface area contributed by atoms with Gasteiger partial charge in [-0.1, -0.05) is 74.3 Å². The summed E-state index contributed by atoms with van der Waals surface area (Å²) in [6, 6.07) is 15.1. The zero-order valence-electron chi connectivity index (χ0n) is 19.1. The van der Waals surface area contributed by atoms with Crippen molar-refractivity contribution in [2.75, 3.05) is 0 Å². The Labute approximate surface area is 202 Å². The third kappa shape index (κ3) is 4.90. The van der Waals surface area contributed by atoms with Gasteiger partial charge in [-0.15, -0.1) is 6.58 Å². The molecule has 0 radical (unpaired) electrons. The van der Waals surface area contributed by atoms with Crippen LogP contribution in [0, 0.1) is 5.41 Å². The number of allylic oxidation sites excluding steroid dienone is 1. The molecule has 1 amide bonds. The number of carbonyl (C=O) groups excluding carboxylic acids is 1. The molecule has 1 aliphatic rings. The van der Waals surface area contributed by atoms with Crippen LogP contribution in [-0.2, 0) is 4.79 Å². The molecule has 1 aliphatic heterocycles. The van der Waals surface area contributed by atoms with Gasteiger partial charge >= 0.3 is 0 Å². The van der Waals surface area contributed by atoms with Gasteiger partial charge in [0.15, 0.2) is 0 Å². The van der Waals surface area contributed by atoms with Crippen molar-refractivity contribution in [2.24, 2.45) is 5.41 Å². The number of aliphatic hydroxyl groups is 1. The fraction of sp³-hybridized carbons (Fsp3) is 0.444. The molecule has 3 rings (SSSR count). The summed E-state index contributed by atoms with van der Waals surface area (Å²) in [5, 5.41) is 12.3. The molecule has 1 saturated heterocycles. The maximum atomic E-state index is 14.1. The lowest BCUT2D eigenvalue weighted by Crippen LogP contribution is -2.58. The zero-order chi connectivity index (χ0) is 23.5. The van der Waals surface area contributed by atoms with E-state index >= 15 is 0 Å². The Kier molecular flexibility index (Phi) is 8.08. The van der Waals surface area contributed by atoms with Gasteiger partial charge in [-0.2, -0.15) is 0 Å². The molecule has 5 heteroatoms. The lowest BCUT2D eigenvalue weighted by Gasteiger charge is -2.52. The molecule has 5 atom stereocenters. The lowest BCUT2D eigenvalue weighted by molar-refractivity contribution is -0.158. The highest BCUT2D eigenvalue weighted by Crippen LogP contribution is 2.52. The average molecular weight is 474 g/mol. The number of hydrogen-bond acceptors (Lipinski definition) is 2. The van der Waals surface area contributed by atoms with Crippen molar-refractivity contribution >= 4 is 29.1 Å². The van der Waals surface area contributed by atoms with Gasteiger partial charge in [0.05, 0.1) is 23.6 Å². The van der Waals surface area contributed by atoms with Gasteiger partial charge in [0.2, 0.25) is 5.91 Å². The van der Waals surface area contributed by atoms with Crippen LogP contribution < -0.4 is 0 Å². The van der Waals surface area contributed by atoms with Gasteiger partial charge in [0.25, 0.3) is 0 Å². The fourth-order valence-corrected chi connectivity index (χ4v) is 5.50. The summed E-state index contributed by atoms with van der Waals surface area (Å²) in [5.74, 6) is 0.0746. The second kappa shape index (κ2) is 10.4. The summed E-state index contributed by atoms with van der Waals surface area (Å²) in [6.07, 6.45) is 3.70. The lowest BCUT2D eigenvalue weighted by atomic mass is 9.67. The van der Waals surface area contributed by atoms with Gasteiger partial charge < -0.3 is 10.0 Å². The first-order chi connectivity index (χ1) is 15.3. The Hall–Kier alpha value is -1.81. The van der Waals surface area contributed by atoms with Crippen LogP contribution in [0.5, 0.6) is 0 Å². The summed E-state index contributed by atoms with van der Waals surface area (Å²) >= 11 is 12.6. The molecule has 0 aliphatic carbocycles. The largest absolute Gasteiger partial charge is 0.391 e. The third-order valence-corrected chi connectivity index (χ3v) is 7.31. The Bertz CT molecular complexity index is 945. The molecular weight excluding hydrogens is 441 g/mol. The van der Waals surface area contributed by atoms with E-state index in [1.807, 2.05) is 74.2 Å². The first kappa shape index (κ1) is 24.8. The fourth-order valence-electron chi connectivity index (χ4n) is 5.18. The number of aliphatic hydroxyl groups excluding tert-OH is 1. The number of hydrogen-bond donors (Lipinski definition) is 1. The number of amides is 1. The van der Waals surface area contributed by atoms with Gasteiger partial charge in [0.1, 0.15) is 0 Å². The van der Waals surface area contributed by atoms with E-state index in [0.717, 1.165) is 11.1 Å². The average Bonchev–Trinajstić information content (AvgIpc) is 2.77. The first-order valence-electron chi connectivity index (χ1n) is 11.4. The third-order valence-electron chi connectivity index (χ3n) is 6.82. The Morgan fingerprint density at radius 3 is 2.38 bits per heavy atom.